The normalized spacial score (nSPS) is 10.8. The van der Waals surface area contributed by atoms with Crippen LogP contribution in [0.5, 0.6) is 0 Å². The van der Waals surface area contributed by atoms with Crippen molar-refractivity contribution in [2.24, 2.45) is 0 Å². The lowest BCUT2D eigenvalue weighted by atomic mass is 10.2. The van der Waals surface area contributed by atoms with E-state index in [-0.39, 0.29) is 0 Å². The van der Waals surface area contributed by atoms with Crippen LogP contribution in [-0.2, 0) is 0 Å². The summed E-state index contributed by atoms with van der Waals surface area (Å²) in [4.78, 5) is 0.325. The molecule has 0 radical (unpaired) electrons. The second-order valence-electron chi connectivity index (χ2n) is 3.98. The van der Waals surface area contributed by atoms with Gasteiger partial charge in [0.1, 0.15) is 10.2 Å². The molecule has 0 fully saturated rings. The van der Waals surface area contributed by atoms with Crippen molar-refractivity contribution in [2.75, 3.05) is 0 Å². The lowest BCUT2D eigenvalue weighted by Crippen LogP contribution is -1.99. The highest BCUT2D eigenvalue weighted by atomic mass is 35.5. The van der Waals surface area contributed by atoms with Crippen LogP contribution in [-0.4, -0.2) is 4.57 Å². The number of halogens is 1. The molecule has 0 spiro atoms. The fourth-order valence-corrected chi connectivity index (χ4v) is 2.77. The summed E-state index contributed by atoms with van der Waals surface area (Å²) in [5, 5.41) is 1.39. The van der Waals surface area contributed by atoms with Crippen LogP contribution >= 0.6 is 36.0 Å². The predicted molar refractivity (Wildman–Crippen MR) is 82.2 cm³/mol. The molecule has 2 nitrogen and oxygen atoms in total. The third-order valence-electron chi connectivity index (χ3n) is 2.77. The van der Waals surface area contributed by atoms with Crippen molar-refractivity contribution in [3.63, 3.8) is 0 Å². The van der Waals surface area contributed by atoms with Crippen molar-refractivity contribution in [1.29, 1.82) is 0 Å². The number of hydrogen-bond donors (Lipinski definition) is 0. The molecule has 0 N–H and O–H groups in total. The molecule has 0 aliphatic rings. The third-order valence-corrected chi connectivity index (χ3v) is 3.67. The zero-order valence-electron chi connectivity index (χ0n) is 9.67. The Labute approximate surface area is 124 Å². The van der Waals surface area contributed by atoms with Crippen molar-refractivity contribution in [1.82, 2.24) is 4.57 Å². The van der Waals surface area contributed by atoms with Gasteiger partial charge in [0, 0.05) is 5.02 Å². The van der Waals surface area contributed by atoms with Crippen LogP contribution in [0.4, 0.5) is 0 Å². The zero-order chi connectivity index (χ0) is 13.4. The summed E-state index contributed by atoms with van der Waals surface area (Å²) in [5.74, 6) is 0. The molecule has 3 rings (SSSR count). The van der Waals surface area contributed by atoms with Gasteiger partial charge in [0.25, 0.3) is 4.84 Å². The quantitative estimate of drug-likeness (QED) is 0.566. The maximum atomic E-state index is 6.01. The van der Waals surface area contributed by atoms with E-state index in [1.165, 1.54) is 0 Å². The first kappa shape index (κ1) is 12.5. The minimum absolute atomic E-state index is 0.325. The Kier molecular flexibility index (Phi) is 3.22. The summed E-state index contributed by atoms with van der Waals surface area (Å²) < 4.78 is 7.96. The number of para-hydroxylation sites is 1. The Bertz CT molecular complexity index is 868. The molecule has 0 aliphatic heterocycles. The van der Waals surface area contributed by atoms with Gasteiger partial charge in [-0.2, -0.15) is 0 Å². The van der Waals surface area contributed by atoms with Gasteiger partial charge in [-0.05, 0) is 42.5 Å². The molecule has 94 valence electrons. The molecule has 0 atom stereocenters. The Hall–Kier alpha value is -1.49. The molecular formula is C14H8ClNOS2. The summed E-state index contributed by atoms with van der Waals surface area (Å²) in [6, 6.07) is 15.0. The van der Waals surface area contributed by atoms with E-state index in [2.05, 4.69) is 0 Å². The monoisotopic (exact) mass is 305 g/mol. The highest BCUT2D eigenvalue weighted by molar-refractivity contribution is 7.72. The van der Waals surface area contributed by atoms with Crippen LogP contribution in [0.2, 0.25) is 5.02 Å². The van der Waals surface area contributed by atoms with Crippen LogP contribution in [0.1, 0.15) is 0 Å². The van der Waals surface area contributed by atoms with Crippen molar-refractivity contribution < 1.29 is 4.42 Å². The third kappa shape index (κ3) is 2.23. The number of nitrogens with zero attached hydrogens (tertiary/aromatic N) is 1. The molecule has 3 aromatic rings. The Morgan fingerprint density at radius 2 is 1.74 bits per heavy atom. The molecule has 2 aromatic carbocycles. The maximum absolute atomic E-state index is 6.01. The lowest BCUT2D eigenvalue weighted by Gasteiger charge is -2.08. The summed E-state index contributed by atoms with van der Waals surface area (Å²) in [6.07, 6.45) is 0. The summed E-state index contributed by atoms with van der Waals surface area (Å²) in [7, 11) is 0. The standard InChI is InChI=1S/C14H8ClNOS2/c15-9-6-7-12-11(8-9)13(18)16(14(19)17-12)10-4-2-1-3-5-10/h1-8H. The molecule has 0 saturated heterocycles. The largest absolute Gasteiger partial charge is 0.431 e. The fraction of sp³-hybridized carbons (Fsp3) is 0. The van der Waals surface area contributed by atoms with E-state index in [0.717, 1.165) is 11.1 Å². The van der Waals surface area contributed by atoms with Gasteiger partial charge in [-0.15, -0.1) is 0 Å². The van der Waals surface area contributed by atoms with Gasteiger partial charge in [-0.3, -0.25) is 4.57 Å². The van der Waals surface area contributed by atoms with Gasteiger partial charge in [0.05, 0.1) is 11.1 Å². The highest BCUT2D eigenvalue weighted by Gasteiger charge is 2.06. The molecule has 0 aliphatic carbocycles. The average Bonchev–Trinajstić information content (AvgIpc) is 2.41. The van der Waals surface area contributed by atoms with Gasteiger partial charge in [0.2, 0.25) is 0 Å². The van der Waals surface area contributed by atoms with E-state index in [4.69, 9.17) is 40.5 Å². The van der Waals surface area contributed by atoms with E-state index in [0.29, 0.717) is 20.1 Å². The Balaban J connectivity index is 2.44. The molecule has 1 aromatic heterocycles. The minimum Gasteiger partial charge on any atom is -0.431 e. The summed E-state index contributed by atoms with van der Waals surface area (Å²) in [5.41, 5.74) is 1.52. The summed E-state index contributed by atoms with van der Waals surface area (Å²) in [6.45, 7) is 0. The molecule has 0 unspecified atom stereocenters. The zero-order valence-corrected chi connectivity index (χ0v) is 12.1. The van der Waals surface area contributed by atoms with Crippen LogP contribution < -0.4 is 0 Å². The maximum Gasteiger partial charge on any atom is 0.274 e. The second kappa shape index (κ2) is 4.89. The SMILES string of the molecule is S=c1oc2ccc(Cl)cc2c(=S)n1-c1ccccc1. The highest BCUT2D eigenvalue weighted by Crippen LogP contribution is 2.23. The first-order chi connectivity index (χ1) is 9.16. The van der Waals surface area contributed by atoms with E-state index < -0.39 is 0 Å². The number of benzene rings is 2. The Morgan fingerprint density at radius 1 is 1.00 bits per heavy atom. The minimum atomic E-state index is 0.325. The topological polar surface area (TPSA) is 18.1 Å². The first-order valence-electron chi connectivity index (χ1n) is 5.58. The van der Waals surface area contributed by atoms with E-state index in [1.807, 2.05) is 30.3 Å². The number of hydrogen-bond acceptors (Lipinski definition) is 3. The van der Waals surface area contributed by atoms with Gasteiger partial charge in [-0.1, -0.05) is 42.0 Å². The molecule has 5 heteroatoms. The summed E-state index contributed by atoms with van der Waals surface area (Å²) >= 11 is 16.8. The van der Waals surface area contributed by atoms with Crippen molar-refractivity contribution in [3.05, 3.63) is 63.0 Å². The molecule has 19 heavy (non-hydrogen) atoms. The second-order valence-corrected chi connectivity index (χ2v) is 5.16. The smallest absolute Gasteiger partial charge is 0.274 e. The van der Waals surface area contributed by atoms with E-state index >= 15 is 0 Å². The van der Waals surface area contributed by atoms with E-state index in [9.17, 15) is 0 Å². The van der Waals surface area contributed by atoms with E-state index in [1.54, 1.807) is 22.8 Å². The van der Waals surface area contributed by atoms with Gasteiger partial charge >= 0.3 is 0 Å². The molecule has 0 bridgehead atoms. The molecule has 0 amide bonds. The van der Waals surface area contributed by atoms with Gasteiger partial charge in [0.15, 0.2) is 0 Å². The number of fused-ring (bicyclic) bond motifs is 1. The van der Waals surface area contributed by atoms with Gasteiger partial charge in [-0.25, -0.2) is 0 Å². The van der Waals surface area contributed by atoms with Crippen LogP contribution in [0.3, 0.4) is 0 Å². The molecular weight excluding hydrogens is 298 g/mol. The number of aromatic nitrogens is 1. The van der Waals surface area contributed by atoms with Crippen molar-refractivity contribution in [2.45, 2.75) is 0 Å². The average molecular weight is 306 g/mol. The predicted octanol–water partition coefficient (Wildman–Crippen LogP) is 5.34. The van der Waals surface area contributed by atoms with Gasteiger partial charge < -0.3 is 4.42 Å². The Morgan fingerprint density at radius 3 is 2.47 bits per heavy atom. The fourth-order valence-electron chi connectivity index (χ4n) is 1.90. The van der Waals surface area contributed by atoms with Crippen molar-refractivity contribution in [3.8, 4) is 5.69 Å². The molecule has 0 saturated carbocycles. The van der Waals surface area contributed by atoms with Crippen molar-refractivity contribution >= 4 is 47.0 Å². The molecule has 1 heterocycles. The van der Waals surface area contributed by atoms with Crippen LogP contribution in [0, 0.1) is 9.48 Å². The van der Waals surface area contributed by atoms with Crippen LogP contribution in [0.15, 0.2) is 52.9 Å². The lowest BCUT2D eigenvalue weighted by molar-refractivity contribution is 0.537. The van der Waals surface area contributed by atoms with Crippen LogP contribution in [0.25, 0.3) is 16.7 Å². The number of rotatable bonds is 1. The first-order valence-corrected chi connectivity index (χ1v) is 6.77.